The van der Waals surface area contributed by atoms with E-state index in [1.54, 1.807) is 24.0 Å². The van der Waals surface area contributed by atoms with Crippen LogP contribution in [0.15, 0.2) is 48.5 Å². The molecule has 2 aromatic rings. The van der Waals surface area contributed by atoms with Gasteiger partial charge in [0.25, 0.3) is 5.91 Å². The van der Waals surface area contributed by atoms with Crippen LogP contribution < -0.4 is 0 Å². The van der Waals surface area contributed by atoms with Crippen molar-refractivity contribution in [3.63, 3.8) is 0 Å². The topological polar surface area (TPSA) is 46.6 Å². The summed E-state index contributed by atoms with van der Waals surface area (Å²) in [5, 5.41) is 0. The summed E-state index contributed by atoms with van der Waals surface area (Å²) in [6, 6.07) is 15.5. The van der Waals surface area contributed by atoms with Gasteiger partial charge in [0.1, 0.15) is 0 Å². The van der Waals surface area contributed by atoms with Crippen LogP contribution in [0.25, 0.3) is 0 Å². The van der Waals surface area contributed by atoms with Crippen LogP contribution in [-0.4, -0.2) is 29.4 Å². The Bertz CT molecular complexity index is 795. The maximum atomic E-state index is 12.7. The largest absolute Gasteiger partial charge is 0.449 e. The van der Waals surface area contributed by atoms with Gasteiger partial charge in [-0.1, -0.05) is 50.2 Å². The summed E-state index contributed by atoms with van der Waals surface area (Å²) in [5.74, 6) is -0.201. The lowest BCUT2D eigenvalue weighted by Gasteiger charge is -2.30. The van der Waals surface area contributed by atoms with Crippen molar-refractivity contribution in [2.24, 2.45) is 0 Å². The summed E-state index contributed by atoms with van der Waals surface area (Å²) in [6.07, 6.45) is 0.0386. The van der Waals surface area contributed by atoms with Gasteiger partial charge in [0, 0.05) is 13.1 Å². The van der Waals surface area contributed by atoms with Gasteiger partial charge < -0.3 is 9.64 Å². The molecule has 0 radical (unpaired) electrons. The number of nitrogens with zero attached hydrogens (tertiary/aromatic N) is 1. The standard InChI is InChI=1S/C22H25NO3/c1-15(2)17-8-10-19(11-9-17)22(25)26-16(3)21(24)23-13-12-18-6-4-5-7-20(18)14-23/h4-11,15-16H,12-14H2,1-3H3/t16-/m1/s1. The minimum atomic E-state index is -0.794. The van der Waals surface area contributed by atoms with E-state index in [2.05, 4.69) is 19.9 Å². The lowest BCUT2D eigenvalue weighted by atomic mass is 9.99. The number of hydrogen-bond donors (Lipinski definition) is 0. The molecule has 3 rings (SSSR count). The first kappa shape index (κ1) is 18.2. The summed E-state index contributed by atoms with van der Waals surface area (Å²) in [5.41, 5.74) is 4.08. The molecule has 0 aliphatic carbocycles. The normalized spacial score (nSPS) is 14.7. The van der Waals surface area contributed by atoms with Gasteiger partial charge >= 0.3 is 5.97 Å². The molecule has 1 heterocycles. The highest BCUT2D eigenvalue weighted by Gasteiger charge is 2.27. The maximum absolute atomic E-state index is 12.7. The zero-order valence-electron chi connectivity index (χ0n) is 15.6. The summed E-state index contributed by atoms with van der Waals surface area (Å²) in [4.78, 5) is 26.8. The molecule has 0 saturated heterocycles. The Labute approximate surface area is 154 Å². The Morgan fingerprint density at radius 2 is 1.62 bits per heavy atom. The highest BCUT2D eigenvalue weighted by Crippen LogP contribution is 2.20. The van der Waals surface area contributed by atoms with Crippen molar-refractivity contribution < 1.29 is 14.3 Å². The monoisotopic (exact) mass is 351 g/mol. The van der Waals surface area contributed by atoms with Gasteiger partial charge in [-0.3, -0.25) is 4.79 Å². The average Bonchev–Trinajstić information content (AvgIpc) is 2.67. The molecule has 0 bridgehead atoms. The van der Waals surface area contributed by atoms with Crippen LogP contribution in [0, 0.1) is 0 Å². The molecule has 4 heteroatoms. The SMILES string of the molecule is CC(C)c1ccc(C(=O)O[C@H](C)C(=O)N2CCc3ccccc3C2)cc1. The third-order valence-electron chi connectivity index (χ3n) is 4.89. The first-order valence-corrected chi connectivity index (χ1v) is 9.12. The fourth-order valence-corrected chi connectivity index (χ4v) is 3.22. The zero-order valence-corrected chi connectivity index (χ0v) is 15.6. The predicted molar refractivity (Wildman–Crippen MR) is 101 cm³/mol. The summed E-state index contributed by atoms with van der Waals surface area (Å²) in [7, 11) is 0. The van der Waals surface area contributed by atoms with E-state index in [1.165, 1.54) is 5.56 Å². The quantitative estimate of drug-likeness (QED) is 0.784. The van der Waals surface area contributed by atoms with Gasteiger partial charge in [0.15, 0.2) is 6.10 Å². The number of carbonyl (C=O) groups excluding carboxylic acids is 2. The van der Waals surface area contributed by atoms with Crippen LogP contribution in [0.2, 0.25) is 0 Å². The van der Waals surface area contributed by atoms with Crippen molar-refractivity contribution in [3.8, 4) is 0 Å². The Morgan fingerprint density at radius 3 is 2.27 bits per heavy atom. The van der Waals surface area contributed by atoms with Gasteiger partial charge in [-0.25, -0.2) is 4.79 Å². The third kappa shape index (κ3) is 3.96. The van der Waals surface area contributed by atoms with Crippen LogP contribution in [0.3, 0.4) is 0 Å². The molecule has 0 aromatic heterocycles. The first-order valence-electron chi connectivity index (χ1n) is 9.12. The second kappa shape index (κ2) is 7.73. The maximum Gasteiger partial charge on any atom is 0.338 e. The number of ether oxygens (including phenoxy) is 1. The molecule has 0 unspecified atom stereocenters. The van der Waals surface area contributed by atoms with Gasteiger partial charge in [0.2, 0.25) is 0 Å². The van der Waals surface area contributed by atoms with Gasteiger partial charge in [0.05, 0.1) is 5.56 Å². The molecule has 2 aromatic carbocycles. The lowest BCUT2D eigenvalue weighted by molar-refractivity contribution is -0.140. The second-order valence-electron chi connectivity index (χ2n) is 7.10. The van der Waals surface area contributed by atoms with E-state index < -0.39 is 12.1 Å². The molecule has 1 amide bonds. The van der Waals surface area contributed by atoms with Crippen LogP contribution in [0.1, 0.15) is 53.7 Å². The molecule has 26 heavy (non-hydrogen) atoms. The molecule has 0 N–H and O–H groups in total. The van der Waals surface area contributed by atoms with Crippen molar-refractivity contribution in [3.05, 3.63) is 70.8 Å². The molecule has 0 saturated carbocycles. The number of esters is 1. The number of rotatable bonds is 4. The average molecular weight is 351 g/mol. The molecule has 1 aliphatic rings. The Morgan fingerprint density at radius 1 is 0.962 bits per heavy atom. The molecule has 0 fully saturated rings. The van der Waals surface area contributed by atoms with E-state index in [0.29, 0.717) is 24.6 Å². The summed E-state index contributed by atoms with van der Waals surface area (Å²) >= 11 is 0. The number of benzene rings is 2. The molecular weight excluding hydrogens is 326 g/mol. The van der Waals surface area contributed by atoms with Gasteiger partial charge in [-0.2, -0.15) is 0 Å². The van der Waals surface area contributed by atoms with E-state index in [1.807, 2.05) is 30.3 Å². The van der Waals surface area contributed by atoms with Crippen molar-refractivity contribution in [1.29, 1.82) is 0 Å². The van der Waals surface area contributed by atoms with Crippen molar-refractivity contribution in [1.82, 2.24) is 4.90 Å². The van der Waals surface area contributed by atoms with Crippen LogP contribution in [-0.2, 0) is 22.5 Å². The number of carbonyl (C=O) groups is 2. The minimum absolute atomic E-state index is 0.147. The van der Waals surface area contributed by atoms with E-state index in [9.17, 15) is 9.59 Å². The van der Waals surface area contributed by atoms with E-state index in [0.717, 1.165) is 17.5 Å². The smallest absolute Gasteiger partial charge is 0.338 e. The highest BCUT2D eigenvalue weighted by atomic mass is 16.5. The van der Waals surface area contributed by atoms with E-state index in [4.69, 9.17) is 4.74 Å². The summed E-state index contributed by atoms with van der Waals surface area (Å²) < 4.78 is 5.41. The second-order valence-corrected chi connectivity index (χ2v) is 7.10. The highest BCUT2D eigenvalue weighted by molar-refractivity contribution is 5.92. The molecule has 1 aliphatic heterocycles. The fraction of sp³-hybridized carbons (Fsp3) is 0.364. The molecule has 4 nitrogen and oxygen atoms in total. The van der Waals surface area contributed by atoms with Crippen molar-refractivity contribution in [2.75, 3.05) is 6.54 Å². The molecular formula is C22H25NO3. The fourth-order valence-electron chi connectivity index (χ4n) is 3.22. The first-order chi connectivity index (χ1) is 12.5. The third-order valence-corrected chi connectivity index (χ3v) is 4.89. The van der Waals surface area contributed by atoms with Gasteiger partial charge in [-0.15, -0.1) is 0 Å². The van der Waals surface area contributed by atoms with Crippen molar-refractivity contribution in [2.45, 2.75) is 45.8 Å². The van der Waals surface area contributed by atoms with Gasteiger partial charge in [-0.05, 0) is 48.1 Å². The Hall–Kier alpha value is -2.62. The zero-order chi connectivity index (χ0) is 18.7. The lowest BCUT2D eigenvalue weighted by Crippen LogP contribution is -2.42. The Balaban J connectivity index is 1.61. The predicted octanol–water partition coefficient (Wildman–Crippen LogP) is 3.94. The Kier molecular flexibility index (Phi) is 5.40. The molecule has 136 valence electrons. The van der Waals surface area contributed by atoms with E-state index >= 15 is 0 Å². The van der Waals surface area contributed by atoms with Crippen LogP contribution in [0.4, 0.5) is 0 Å². The van der Waals surface area contributed by atoms with Crippen molar-refractivity contribution >= 4 is 11.9 Å². The summed E-state index contributed by atoms with van der Waals surface area (Å²) in [6.45, 7) is 7.07. The van der Waals surface area contributed by atoms with E-state index in [-0.39, 0.29) is 5.91 Å². The number of fused-ring (bicyclic) bond motifs is 1. The van der Waals surface area contributed by atoms with Crippen LogP contribution in [0.5, 0.6) is 0 Å². The van der Waals surface area contributed by atoms with Crippen LogP contribution >= 0.6 is 0 Å². The minimum Gasteiger partial charge on any atom is -0.449 e. The number of amides is 1. The molecule has 0 spiro atoms. The molecule has 1 atom stereocenters. The number of hydrogen-bond acceptors (Lipinski definition) is 3.